The van der Waals surface area contributed by atoms with Crippen molar-refractivity contribution in [3.63, 3.8) is 0 Å². The van der Waals surface area contributed by atoms with Gasteiger partial charge in [0.25, 0.3) is 0 Å². The largest absolute Gasteiger partial charge is 0.460 e. The maximum Gasteiger partial charge on any atom is 0.134 e. The second-order valence-electron chi connectivity index (χ2n) is 9.95. The van der Waals surface area contributed by atoms with Crippen LogP contribution in [-0.4, -0.2) is 11.1 Å². The molecular weight excluding hydrogens is 346 g/mol. The van der Waals surface area contributed by atoms with E-state index in [1.807, 2.05) is 24.3 Å². The molecule has 3 nitrogen and oxygen atoms in total. The molecule has 2 atom stereocenters. The van der Waals surface area contributed by atoms with Crippen LogP contribution in [0.1, 0.15) is 69.8 Å². The van der Waals surface area contributed by atoms with E-state index >= 15 is 0 Å². The van der Waals surface area contributed by atoms with Crippen molar-refractivity contribution in [1.82, 2.24) is 5.32 Å². The molecule has 1 aromatic heterocycles. The van der Waals surface area contributed by atoms with Crippen LogP contribution in [0.4, 0.5) is 0 Å². The second-order valence-corrected chi connectivity index (χ2v) is 9.95. The maximum atomic E-state index is 9.67. The first-order valence-corrected chi connectivity index (χ1v) is 11.1. The summed E-state index contributed by atoms with van der Waals surface area (Å²) >= 11 is 0. The van der Waals surface area contributed by atoms with Crippen molar-refractivity contribution in [3.8, 4) is 11.3 Å². The molecule has 1 aromatic carbocycles. The third-order valence-electron chi connectivity index (χ3n) is 7.93. The van der Waals surface area contributed by atoms with Crippen LogP contribution in [0, 0.1) is 23.2 Å². The van der Waals surface area contributed by atoms with Crippen molar-refractivity contribution in [2.45, 2.75) is 71.1 Å². The van der Waals surface area contributed by atoms with Gasteiger partial charge in [-0.25, -0.2) is 0 Å². The first-order valence-electron chi connectivity index (χ1n) is 11.1. The Bertz CT molecular complexity index is 784. The first-order chi connectivity index (χ1) is 13.5. The van der Waals surface area contributed by atoms with Crippen LogP contribution in [-0.2, 0) is 6.54 Å². The first kappa shape index (κ1) is 18.4. The fraction of sp³-hybridized carbons (Fsp3) is 0.600. The van der Waals surface area contributed by atoms with E-state index in [0.29, 0.717) is 11.5 Å². The Morgan fingerprint density at radius 3 is 2.14 bits per heavy atom. The zero-order chi connectivity index (χ0) is 19.3. The van der Waals surface area contributed by atoms with Crippen molar-refractivity contribution < 1.29 is 9.52 Å². The highest BCUT2D eigenvalue weighted by Crippen LogP contribution is 2.61. The number of hydrogen-bond acceptors (Lipinski definition) is 3. The van der Waals surface area contributed by atoms with Crippen LogP contribution in [0.15, 0.2) is 40.8 Å². The molecule has 0 saturated heterocycles. The van der Waals surface area contributed by atoms with Gasteiger partial charge in [-0.05, 0) is 93.2 Å². The van der Waals surface area contributed by atoms with Crippen LogP contribution >= 0.6 is 0 Å². The molecule has 3 heteroatoms. The Kier molecular flexibility index (Phi) is 4.64. The lowest BCUT2D eigenvalue weighted by molar-refractivity contribution is -0.0708. The fourth-order valence-corrected chi connectivity index (χ4v) is 6.73. The quantitative estimate of drug-likeness (QED) is 0.677. The van der Waals surface area contributed by atoms with Gasteiger partial charge in [0.1, 0.15) is 11.5 Å². The molecule has 4 aliphatic carbocycles. The van der Waals surface area contributed by atoms with Gasteiger partial charge >= 0.3 is 0 Å². The van der Waals surface area contributed by atoms with Gasteiger partial charge in [-0.3, -0.25) is 0 Å². The molecule has 2 N–H and O–H groups in total. The van der Waals surface area contributed by atoms with E-state index in [4.69, 9.17) is 4.42 Å². The minimum atomic E-state index is -0.434. The third-order valence-corrected chi connectivity index (χ3v) is 7.93. The average molecular weight is 380 g/mol. The van der Waals surface area contributed by atoms with Gasteiger partial charge < -0.3 is 14.8 Å². The van der Waals surface area contributed by atoms with Crippen molar-refractivity contribution in [3.05, 3.63) is 47.7 Å². The Hall–Kier alpha value is -1.58. The molecule has 28 heavy (non-hydrogen) atoms. The Morgan fingerprint density at radius 1 is 0.964 bits per heavy atom. The monoisotopic (exact) mass is 379 g/mol. The van der Waals surface area contributed by atoms with Gasteiger partial charge in [-0.15, -0.1) is 0 Å². The Labute approximate surface area is 168 Å². The SMILES string of the molecule is C[C@H](O)c1ccc(-c2ccc(CN[C@@H](C)C34CC5CC(CC(C5)C3)C4)o2)cc1. The zero-order valence-electron chi connectivity index (χ0n) is 17.2. The number of aliphatic hydroxyl groups is 1. The van der Waals surface area contributed by atoms with Crippen molar-refractivity contribution in [1.29, 1.82) is 0 Å². The molecule has 0 spiro atoms. The smallest absolute Gasteiger partial charge is 0.134 e. The van der Waals surface area contributed by atoms with Crippen LogP contribution in [0.3, 0.4) is 0 Å². The van der Waals surface area contributed by atoms with Crippen LogP contribution in [0.5, 0.6) is 0 Å². The summed E-state index contributed by atoms with van der Waals surface area (Å²) in [5.41, 5.74) is 2.52. The Balaban J connectivity index is 1.23. The minimum absolute atomic E-state index is 0.434. The molecule has 6 rings (SSSR count). The normalized spacial score (nSPS) is 33.2. The maximum absolute atomic E-state index is 9.67. The van der Waals surface area contributed by atoms with Crippen molar-refractivity contribution >= 4 is 0 Å². The number of rotatable bonds is 6. The number of aliphatic hydroxyl groups excluding tert-OH is 1. The van der Waals surface area contributed by atoms with E-state index in [-0.39, 0.29) is 0 Å². The molecule has 0 amide bonds. The lowest BCUT2D eigenvalue weighted by Crippen LogP contribution is -2.54. The number of furan rings is 1. The lowest BCUT2D eigenvalue weighted by Gasteiger charge is -2.59. The summed E-state index contributed by atoms with van der Waals surface area (Å²) in [5.74, 6) is 4.89. The molecule has 4 aliphatic rings. The van der Waals surface area contributed by atoms with E-state index in [1.54, 1.807) is 6.92 Å². The predicted octanol–water partition coefficient (Wildman–Crippen LogP) is 5.69. The second kappa shape index (κ2) is 7.03. The molecule has 4 bridgehead atoms. The number of hydrogen-bond donors (Lipinski definition) is 2. The van der Waals surface area contributed by atoms with E-state index < -0.39 is 6.10 Å². The predicted molar refractivity (Wildman–Crippen MR) is 112 cm³/mol. The highest BCUT2D eigenvalue weighted by molar-refractivity contribution is 5.58. The van der Waals surface area contributed by atoms with E-state index in [0.717, 1.165) is 46.9 Å². The number of benzene rings is 1. The van der Waals surface area contributed by atoms with Gasteiger partial charge in [0.05, 0.1) is 12.6 Å². The molecule has 4 saturated carbocycles. The van der Waals surface area contributed by atoms with E-state index in [1.165, 1.54) is 38.5 Å². The van der Waals surface area contributed by atoms with Crippen molar-refractivity contribution in [2.75, 3.05) is 0 Å². The minimum Gasteiger partial charge on any atom is -0.460 e. The highest BCUT2D eigenvalue weighted by Gasteiger charge is 2.52. The van der Waals surface area contributed by atoms with Gasteiger partial charge in [-0.2, -0.15) is 0 Å². The van der Waals surface area contributed by atoms with Crippen LogP contribution in [0.2, 0.25) is 0 Å². The summed E-state index contributed by atoms with van der Waals surface area (Å²) in [5, 5.41) is 13.5. The summed E-state index contributed by atoms with van der Waals surface area (Å²) in [6.45, 7) is 5.00. The summed E-state index contributed by atoms with van der Waals surface area (Å²) in [6.07, 6.45) is 8.38. The topological polar surface area (TPSA) is 45.4 Å². The number of nitrogens with one attached hydrogen (secondary N) is 1. The van der Waals surface area contributed by atoms with Gasteiger partial charge in [0.15, 0.2) is 0 Å². The van der Waals surface area contributed by atoms with Crippen LogP contribution < -0.4 is 5.32 Å². The molecule has 150 valence electrons. The third kappa shape index (κ3) is 3.33. The van der Waals surface area contributed by atoms with Gasteiger partial charge in [0, 0.05) is 11.6 Å². The summed E-state index contributed by atoms with van der Waals surface area (Å²) in [6, 6.07) is 12.7. The van der Waals surface area contributed by atoms with Gasteiger partial charge in [-0.1, -0.05) is 24.3 Å². The molecule has 4 fully saturated rings. The summed E-state index contributed by atoms with van der Waals surface area (Å²) in [4.78, 5) is 0. The molecular formula is C25H33NO2. The molecule has 1 heterocycles. The van der Waals surface area contributed by atoms with Crippen LogP contribution in [0.25, 0.3) is 11.3 Å². The fourth-order valence-electron chi connectivity index (χ4n) is 6.73. The van der Waals surface area contributed by atoms with E-state index in [9.17, 15) is 5.11 Å². The molecule has 0 unspecified atom stereocenters. The van der Waals surface area contributed by atoms with Gasteiger partial charge in [0.2, 0.25) is 0 Å². The van der Waals surface area contributed by atoms with Crippen molar-refractivity contribution in [2.24, 2.45) is 23.2 Å². The molecule has 0 radical (unpaired) electrons. The summed E-state index contributed by atoms with van der Waals surface area (Å²) < 4.78 is 6.11. The zero-order valence-corrected chi connectivity index (χ0v) is 17.2. The lowest BCUT2D eigenvalue weighted by atomic mass is 9.48. The molecule has 0 aliphatic heterocycles. The highest BCUT2D eigenvalue weighted by atomic mass is 16.3. The summed E-state index contributed by atoms with van der Waals surface area (Å²) in [7, 11) is 0. The average Bonchev–Trinajstić information content (AvgIpc) is 3.14. The Morgan fingerprint density at radius 2 is 1.57 bits per heavy atom. The standard InChI is InChI=1S/C25H33NO2/c1-16(27)21-3-5-22(6-4-21)24-8-7-23(28-24)15-26-17(2)25-12-18-9-19(13-25)11-20(10-18)14-25/h3-8,16-20,26-27H,9-15H2,1-2H3/t16-,17-,18?,19?,20?,25?/m0/s1. The van der Waals surface area contributed by atoms with E-state index in [2.05, 4.69) is 24.4 Å². The molecule has 2 aromatic rings.